The number of nitrogens with zero attached hydrogens (tertiary/aromatic N) is 1. The Bertz CT molecular complexity index is 1060. The van der Waals surface area contributed by atoms with E-state index < -0.39 is 0 Å². The van der Waals surface area contributed by atoms with Crippen molar-refractivity contribution in [1.82, 2.24) is 15.3 Å². The number of aromatic nitrogens is 2. The molecule has 6 nitrogen and oxygen atoms in total. The van der Waals surface area contributed by atoms with Gasteiger partial charge in [0.1, 0.15) is 0 Å². The molecule has 0 aliphatic rings. The standard InChI is InChI=1S/C24H25N5O/c1-17(25)21(9-5-8-18-6-3-2-4-7-18)14-23(30)27-15-19-10-12-20(13-11-19)22-16-28-24(26)29-22/h2-13,16,25H,14-15H2,1H3,(H,27,30)(H3,26,28,29)/b8-5+,21-9-,25-17?. The molecule has 0 aliphatic heterocycles. The topological polar surface area (TPSA) is 108 Å². The molecule has 0 atom stereocenters. The Kier molecular flexibility index (Phi) is 6.95. The molecule has 3 rings (SSSR count). The summed E-state index contributed by atoms with van der Waals surface area (Å²) in [4.78, 5) is 19.3. The van der Waals surface area contributed by atoms with Gasteiger partial charge in [-0.05, 0) is 29.2 Å². The van der Waals surface area contributed by atoms with Crippen molar-refractivity contribution in [3.05, 3.63) is 89.6 Å². The lowest BCUT2D eigenvalue weighted by Crippen LogP contribution is -2.23. The zero-order valence-electron chi connectivity index (χ0n) is 16.9. The largest absolute Gasteiger partial charge is 0.369 e. The number of imidazole rings is 1. The van der Waals surface area contributed by atoms with Crippen molar-refractivity contribution in [1.29, 1.82) is 5.41 Å². The van der Waals surface area contributed by atoms with Crippen molar-refractivity contribution in [2.24, 2.45) is 0 Å². The third-order valence-corrected chi connectivity index (χ3v) is 4.57. The number of rotatable bonds is 8. The summed E-state index contributed by atoms with van der Waals surface area (Å²) in [5.41, 5.74) is 10.6. The Labute approximate surface area is 176 Å². The summed E-state index contributed by atoms with van der Waals surface area (Å²) in [6.07, 6.45) is 7.50. The predicted octanol–water partition coefficient (Wildman–Crippen LogP) is 4.34. The molecule has 0 fully saturated rings. The molecule has 0 bridgehead atoms. The van der Waals surface area contributed by atoms with Gasteiger partial charge in [-0.15, -0.1) is 0 Å². The van der Waals surface area contributed by atoms with E-state index in [-0.39, 0.29) is 12.3 Å². The fourth-order valence-electron chi connectivity index (χ4n) is 2.88. The highest BCUT2D eigenvalue weighted by molar-refractivity contribution is 6.00. The zero-order valence-corrected chi connectivity index (χ0v) is 16.9. The van der Waals surface area contributed by atoms with Crippen LogP contribution in [0.25, 0.3) is 17.3 Å². The maximum absolute atomic E-state index is 12.4. The quantitative estimate of drug-likeness (QED) is 0.334. The highest BCUT2D eigenvalue weighted by atomic mass is 16.1. The Balaban J connectivity index is 1.55. The number of aromatic amines is 1. The molecule has 6 heteroatoms. The zero-order chi connectivity index (χ0) is 21.3. The minimum absolute atomic E-state index is 0.119. The highest BCUT2D eigenvalue weighted by Crippen LogP contribution is 2.18. The van der Waals surface area contributed by atoms with Crippen molar-refractivity contribution in [3.63, 3.8) is 0 Å². The molecule has 1 amide bonds. The summed E-state index contributed by atoms with van der Waals surface area (Å²) in [5, 5.41) is 10.8. The van der Waals surface area contributed by atoms with E-state index in [1.54, 1.807) is 13.1 Å². The second kappa shape index (κ2) is 10.0. The van der Waals surface area contributed by atoms with Crippen LogP contribution >= 0.6 is 0 Å². The fourth-order valence-corrected chi connectivity index (χ4v) is 2.88. The van der Waals surface area contributed by atoms with Crippen LogP contribution in [0.3, 0.4) is 0 Å². The van der Waals surface area contributed by atoms with Gasteiger partial charge in [0.2, 0.25) is 5.91 Å². The Morgan fingerprint density at radius 3 is 2.53 bits per heavy atom. The van der Waals surface area contributed by atoms with E-state index >= 15 is 0 Å². The lowest BCUT2D eigenvalue weighted by atomic mass is 10.1. The number of allylic oxidation sites excluding steroid dienone is 2. The third-order valence-electron chi connectivity index (χ3n) is 4.57. The predicted molar refractivity (Wildman–Crippen MR) is 122 cm³/mol. The summed E-state index contributed by atoms with van der Waals surface area (Å²) in [6, 6.07) is 17.7. The molecule has 0 radical (unpaired) electrons. The number of anilines is 1. The smallest absolute Gasteiger partial charge is 0.224 e. The molecule has 0 aliphatic carbocycles. The molecule has 0 saturated heterocycles. The number of nitrogen functional groups attached to an aromatic ring is 1. The molecule has 0 unspecified atom stereocenters. The second-order valence-corrected chi connectivity index (χ2v) is 6.92. The van der Waals surface area contributed by atoms with Gasteiger partial charge in [-0.2, -0.15) is 0 Å². The van der Waals surface area contributed by atoms with Crippen molar-refractivity contribution in [2.75, 3.05) is 5.73 Å². The van der Waals surface area contributed by atoms with Crippen LogP contribution in [0.4, 0.5) is 5.95 Å². The van der Waals surface area contributed by atoms with Crippen molar-refractivity contribution in [2.45, 2.75) is 19.9 Å². The van der Waals surface area contributed by atoms with E-state index in [0.717, 1.165) is 22.4 Å². The lowest BCUT2D eigenvalue weighted by molar-refractivity contribution is -0.120. The minimum Gasteiger partial charge on any atom is -0.369 e. The van der Waals surface area contributed by atoms with E-state index in [2.05, 4.69) is 15.3 Å². The number of benzene rings is 2. The van der Waals surface area contributed by atoms with E-state index in [1.807, 2.05) is 72.8 Å². The third kappa shape index (κ3) is 6.04. The fraction of sp³-hybridized carbons (Fsp3) is 0.125. The first kappa shape index (κ1) is 20.8. The van der Waals surface area contributed by atoms with Gasteiger partial charge < -0.3 is 21.4 Å². The van der Waals surface area contributed by atoms with Gasteiger partial charge in [-0.1, -0.05) is 72.8 Å². The molecular formula is C24H25N5O. The van der Waals surface area contributed by atoms with Crippen LogP contribution < -0.4 is 11.1 Å². The van der Waals surface area contributed by atoms with Crippen molar-refractivity contribution >= 4 is 23.6 Å². The monoisotopic (exact) mass is 399 g/mol. The number of hydrogen-bond acceptors (Lipinski definition) is 4. The van der Waals surface area contributed by atoms with Gasteiger partial charge in [0.25, 0.3) is 0 Å². The van der Waals surface area contributed by atoms with Crippen LogP contribution in [-0.4, -0.2) is 21.6 Å². The number of carbonyl (C=O) groups excluding carboxylic acids is 1. The number of nitrogens with two attached hydrogens (primary N) is 1. The number of nitrogens with one attached hydrogen (secondary N) is 3. The van der Waals surface area contributed by atoms with Gasteiger partial charge in [-0.25, -0.2) is 4.98 Å². The Morgan fingerprint density at radius 1 is 1.17 bits per heavy atom. The normalized spacial score (nSPS) is 11.6. The first-order valence-corrected chi connectivity index (χ1v) is 9.65. The summed E-state index contributed by atoms with van der Waals surface area (Å²) < 4.78 is 0. The molecule has 0 spiro atoms. The number of hydrogen-bond donors (Lipinski definition) is 4. The maximum Gasteiger partial charge on any atom is 0.224 e. The van der Waals surface area contributed by atoms with Gasteiger partial charge in [0, 0.05) is 12.3 Å². The number of amides is 1. The average molecular weight is 399 g/mol. The van der Waals surface area contributed by atoms with Crippen LogP contribution in [0.2, 0.25) is 0 Å². The van der Waals surface area contributed by atoms with Crippen molar-refractivity contribution in [3.8, 4) is 11.3 Å². The average Bonchev–Trinajstić information content (AvgIpc) is 3.19. The van der Waals surface area contributed by atoms with Crippen LogP contribution in [0.1, 0.15) is 24.5 Å². The van der Waals surface area contributed by atoms with Gasteiger partial charge >= 0.3 is 0 Å². The molecule has 2 aromatic carbocycles. The van der Waals surface area contributed by atoms with Gasteiger partial charge in [-0.3, -0.25) is 4.79 Å². The molecule has 152 valence electrons. The SMILES string of the molecule is CC(=N)/C(=C\C=C\c1ccccc1)CC(=O)NCc1ccc(-c2cnc(N)[nH]2)cc1. The van der Waals surface area contributed by atoms with Crippen LogP contribution in [0.15, 0.2) is 78.5 Å². The summed E-state index contributed by atoms with van der Waals surface area (Å²) in [7, 11) is 0. The molecule has 1 heterocycles. The van der Waals surface area contributed by atoms with Crippen LogP contribution in [0.5, 0.6) is 0 Å². The van der Waals surface area contributed by atoms with Crippen molar-refractivity contribution < 1.29 is 4.79 Å². The molecule has 5 N–H and O–H groups in total. The Hall–Kier alpha value is -3.93. The van der Waals surface area contributed by atoms with Gasteiger partial charge in [0.05, 0.1) is 18.3 Å². The highest BCUT2D eigenvalue weighted by Gasteiger charge is 2.08. The first-order chi connectivity index (χ1) is 14.5. The molecule has 3 aromatic rings. The van der Waals surface area contributed by atoms with Crippen LogP contribution in [0, 0.1) is 5.41 Å². The molecule has 30 heavy (non-hydrogen) atoms. The molecule has 0 saturated carbocycles. The Morgan fingerprint density at radius 2 is 1.90 bits per heavy atom. The van der Waals surface area contributed by atoms with Gasteiger partial charge in [0.15, 0.2) is 5.95 Å². The summed E-state index contributed by atoms with van der Waals surface area (Å²) in [6.45, 7) is 2.12. The molecule has 1 aromatic heterocycles. The summed E-state index contributed by atoms with van der Waals surface area (Å²) >= 11 is 0. The number of H-pyrrole nitrogens is 1. The first-order valence-electron chi connectivity index (χ1n) is 9.65. The minimum atomic E-state index is -0.119. The van der Waals surface area contributed by atoms with Crippen LogP contribution in [-0.2, 0) is 11.3 Å². The second-order valence-electron chi connectivity index (χ2n) is 6.92. The van der Waals surface area contributed by atoms with E-state index in [1.165, 1.54) is 0 Å². The lowest BCUT2D eigenvalue weighted by Gasteiger charge is -2.08. The summed E-state index contributed by atoms with van der Waals surface area (Å²) in [5.74, 6) is 0.261. The maximum atomic E-state index is 12.4. The van der Waals surface area contributed by atoms with E-state index in [0.29, 0.717) is 23.8 Å². The molecular weight excluding hydrogens is 374 g/mol. The number of carbonyl (C=O) groups is 1. The van der Waals surface area contributed by atoms with E-state index in [4.69, 9.17) is 11.1 Å². The van der Waals surface area contributed by atoms with E-state index in [9.17, 15) is 4.79 Å².